The van der Waals surface area contributed by atoms with Gasteiger partial charge in [-0.25, -0.2) is 0 Å². The van der Waals surface area contributed by atoms with Gasteiger partial charge in [0.15, 0.2) is 0 Å². The highest BCUT2D eigenvalue weighted by Gasteiger charge is 2.57. The van der Waals surface area contributed by atoms with Crippen molar-refractivity contribution in [2.45, 2.75) is 32.6 Å². The molecule has 2 amide bonds. The fraction of sp³-hybridized carbons (Fsp3) is 0.556. The summed E-state index contributed by atoms with van der Waals surface area (Å²) in [6, 6.07) is 7.76. The number of piperidine rings is 1. The minimum atomic E-state index is -0.0683. The van der Waals surface area contributed by atoms with E-state index in [4.69, 9.17) is 0 Å². The van der Waals surface area contributed by atoms with Crippen LogP contribution >= 0.6 is 12.4 Å². The first-order valence-corrected chi connectivity index (χ1v) is 8.44. The Balaban J connectivity index is 0.00000208. The highest BCUT2D eigenvalue weighted by molar-refractivity contribution is 5.88. The summed E-state index contributed by atoms with van der Waals surface area (Å²) in [6.45, 7) is 4.26. The van der Waals surface area contributed by atoms with Crippen LogP contribution in [0.25, 0.3) is 0 Å². The lowest BCUT2D eigenvalue weighted by Crippen LogP contribution is -2.34. The molecule has 1 aromatic rings. The van der Waals surface area contributed by atoms with Gasteiger partial charge in [-0.2, -0.15) is 0 Å². The maximum atomic E-state index is 12.3. The summed E-state index contributed by atoms with van der Waals surface area (Å²) in [5.74, 6) is 0.384. The van der Waals surface area contributed by atoms with Crippen molar-refractivity contribution in [1.82, 2.24) is 10.6 Å². The van der Waals surface area contributed by atoms with Gasteiger partial charge < -0.3 is 16.0 Å². The van der Waals surface area contributed by atoms with E-state index < -0.39 is 0 Å². The van der Waals surface area contributed by atoms with Crippen molar-refractivity contribution < 1.29 is 9.59 Å². The Bertz CT molecular complexity index is 582. The number of hydrogen-bond acceptors (Lipinski definition) is 3. The highest BCUT2D eigenvalue weighted by atomic mass is 35.5. The molecule has 0 radical (unpaired) electrons. The SMILES string of the molecule is CC(=O)Nc1ccc(CCNC(=O)C2CC23CCNCC3)cc1.Cl. The first-order chi connectivity index (χ1) is 11.1. The molecule has 2 fully saturated rings. The van der Waals surface area contributed by atoms with Crippen molar-refractivity contribution in [2.24, 2.45) is 11.3 Å². The van der Waals surface area contributed by atoms with E-state index in [-0.39, 0.29) is 30.1 Å². The van der Waals surface area contributed by atoms with Crippen LogP contribution in [0, 0.1) is 11.3 Å². The van der Waals surface area contributed by atoms with Crippen LogP contribution in [0.1, 0.15) is 31.7 Å². The van der Waals surface area contributed by atoms with E-state index in [1.807, 2.05) is 24.3 Å². The van der Waals surface area contributed by atoms with Crippen LogP contribution in [-0.2, 0) is 16.0 Å². The number of nitrogens with one attached hydrogen (secondary N) is 3. The number of halogens is 1. The Morgan fingerprint density at radius 2 is 1.88 bits per heavy atom. The zero-order valence-corrected chi connectivity index (χ0v) is 14.9. The van der Waals surface area contributed by atoms with Crippen molar-refractivity contribution >= 4 is 29.9 Å². The quantitative estimate of drug-likeness (QED) is 0.761. The molecule has 24 heavy (non-hydrogen) atoms. The Labute approximate surface area is 149 Å². The standard InChI is InChI=1S/C18H25N3O2.ClH/c1-13(22)21-15-4-2-14(3-5-15)6-9-20-17(23)16-12-18(16)7-10-19-11-8-18;/h2-5,16,19H,6-12H2,1H3,(H,20,23)(H,21,22);1H. The van der Waals surface area contributed by atoms with Crippen molar-refractivity contribution in [2.75, 3.05) is 25.0 Å². The van der Waals surface area contributed by atoms with Gasteiger partial charge in [0.05, 0.1) is 0 Å². The van der Waals surface area contributed by atoms with Gasteiger partial charge in [-0.05, 0) is 61.9 Å². The van der Waals surface area contributed by atoms with Crippen LogP contribution < -0.4 is 16.0 Å². The van der Waals surface area contributed by atoms with Gasteiger partial charge in [-0.15, -0.1) is 12.4 Å². The molecule has 1 saturated heterocycles. The van der Waals surface area contributed by atoms with Gasteiger partial charge in [0.25, 0.3) is 0 Å². The molecule has 0 bridgehead atoms. The van der Waals surface area contributed by atoms with Gasteiger partial charge in [0.2, 0.25) is 11.8 Å². The number of amides is 2. The maximum absolute atomic E-state index is 12.3. The topological polar surface area (TPSA) is 70.2 Å². The molecule has 1 aliphatic heterocycles. The molecule has 1 unspecified atom stereocenters. The lowest BCUT2D eigenvalue weighted by atomic mass is 9.92. The average Bonchev–Trinajstić information content (AvgIpc) is 3.22. The molecule has 1 atom stereocenters. The van der Waals surface area contributed by atoms with Crippen molar-refractivity contribution in [3.63, 3.8) is 0 Å². The lowest BCUT2D eigenvalue weighted by Gasteiger charge is -2.23. The van der Waals surface area contributed by atoms with Crippen LogP contribution in [-0.4, -0.2) is 31.4 Å². The molecular weight excluding hydrogens is 326 g/mol. The number of anilines is 1. The molecule has 1 heterocycles. The fourth-order valence-corrected chi connectivity index (χ4v) is 3.61. The zero-order chi connectivity index (χ0) is 16.3. The number of hydrogen-bond donors (Lipinski definition) is 3. The molecular formula is C18H26ClN3O2. The van der Waals surface area contributed by atoms with Gasteiger partial charge in [0, 0.05) is 25.1 Å². The molecule has 5 nitrogen and oxygen atoms in total. The highest BCUT2D eigenvalue weighted by Crippen LogP contribution is 2.58. The first kappa shape index (κ1) is 18.7. The summed E-state index contributed by atoms with van der Waals surface area (Å²) in [4.78, 5) is 23.2. The molecule has 2 aliphatic rings. The number of benzene rings is 1. The minimum absolute atomic E-state index is 0. The largest absolute Gasteiger partial charge is 0.356 e. The van der Waals surface area contributed by atoms with Crippen LogP contribution in [0.5, 0.6) is 0 Å². The normalized spacial score (nSPS) is 20.8. The van der Waals surface area contributed by atoms with Crippen LogP contribution in [0.15, 0.2) is 24.3 Å². The third-order valence-corrected chi connectivity index (χ3v) is 5.09. The second-order valence-corrected chi connectivity index (χ2v) is 6.79. The second kappa shape index (κ2) is 7.99. The Kier molecular flexibility index (Phi) is 6.24. The molecule has 3 N–H and O–H groups in total. The van der Waals surface area contributed by atoms with Gasteiger partial charge in [-0.1, -0.05) is 12.1 Å². The summed E-state index contributed by atoms with van der Waals surface area (Å²) >= 11 is 0. The average molecular weight is 352 g/mol. The third-order valence-electron chi connectivity index (χ3n) is 5.09. The Hall–Kier alpha value is -1.59. The van der Waals surface area contributed by atoms with Crippen LogP contribution in [0.4, 0.5) is 5.69 Å². The number of carbonyl (C=O) groups excluding carboxylic acids is 2. The number of carbonyl (C=O) groups is 2. The van der Waals surface area contributed by atoms with E-state index in [1.165, 1.54) is 6.92 Å². The van der Waals surface area contributed by atoms with E-state index in [1.54, 1.807) is 0 Å². The predicted octanol–water partition coefficient (Wildman–Crippen LogP) is 2.12. The molecule has 1 aliphatic carbocycles. The van der Waals surface area contributed by atoms with Gasteiger partial charge in [-0.3, -0.25) is 9.59 Å². The van der Waals surface area contributed by atoms with E-state index in [0.717, 1.165) is 50.0 Å². The van der Waals surface area contributed by atoms with E-state index in [0.29, 0.717) is 12.0 Å². The monoisotopic (exact) mass is 351 g/mol. The summed E-state index contributed by atoms with van der Waals surface area (Å²) < 4.78 is 0. The predicted molar refractivity (Wildman–Crippen MR) is 97.4 cm³/mol. The van der Waals surface area contributed by atoms with E-state index in [2.05, 4.69) is 16.0 Å². The lowest BCUT2D eigenvalue weighted by molar-refractivity contribution is -0.123. The molecule has 1 aromatic carbocycles. The van der Waals surface area contributed by atoms with Crippen LogP contribution in [0.2, 0.25) is 0 Å². The molecule has 132 valence electrons. The summed E-state index contributed by atoms with van der Waals surface area (Å²) in [5.41, 5.74) is 2.26. The fourth-order valence-electron chi connectivity index (χ4n) is 3.61. The number of rotatable bonds is 5. The maximum Gasteiger partial charge on any atom is 0.223 e. The Morgan fingerprint density at radius 1 is 1.21 bits per heavy atom. The van der Waals surface area contributed by atoms with Crippen molar-refractivity contribution in [1.29, 1.82) is 0 Å². The molecule has 6 heteroatoms. The molecule has 3 rings (SSSR count). The van der Waals surface area contributed by atoms with Crippen molar-refractivity contribution in [3.8, 4) is 0 Å². The first-order valence-electron chi connectivity index (χ1n) is 8.44. The molecule has 1 spiro atoms. The van der Waals surface area contributed by atoms with Gasteiger partial charge in [0.1, 0.15) is 0 Å². The third kappa shape index (κ3) is 4.48. The summed E-state index contributed by atoms with van der Waals surface area (Å²) in [5, 5.41) is 9.19. The van der Waals surface area contributed by atoms with Gasteiger partial charge >= 0.3 is 0 Å². The van der Waals surface area contributed by atoms with Crippen LogP contribution in [0.3, 0.4) is 0 Å². The van der Waals surface area contributed by atoms with E-state index in [9.17, 15) is 9.59 Å². The van der Waals surface area contributed by atoms with Crippen molar-refractivity contribution in [3.05, 3.63) is 29.8 Å². The Morgan fingerprint density at radius 3 is 2.50 bits per heavy atom. The summed E-state index contributed by atoms with van der Waals surface area (Å²) in [6.07, 6.45) is 4.14. The molecule has 1 saturated carbocycles. The minimum Gasteiger partial charge on any atom is -0.356 e. The smallest absolute Gasteiger partial charge is 0.223 e. The summed E-state index contributed by atoms with van der Waals surface area (Å²) in [7, 11) is 0. The second-order valence-electron chi connectivity index (χ2n) is 6.79. The zero-order valence-electron chi connectivity index (χ0n) is 14.1. The molecule has 0 aromatic heterocycles. The van der Waals surface area contributed by atoms with E-state index >= 15 is 0 Å².